The Bertz CT molecular complexity index is 80.5. The molecule has 0 bridgehead atoms. The van der Waals surface area contributed by atoms with Crippen molar-refractivity contribution in [3.05, 3.63) is 0 Å². The van der Waals surface area contributed by atoms with E-state index < -0.39 is 11.8 Å². The number of carbonyl (C=O) groups excluding carboxylic acids is 1. The predicted molar refractivity (Wildman–Crippen MR) is 18.3 cm³/mol. The van der Waals surface area contributed by atoms with Crippen molar-refractivity contribution in [1.29, 1.82) is 0 Å². The number of hydrogen-bond donors (Lipinski definition) is 1. The van der Waals surface area contributed by atoms with E-state index in [1.54, 1.807) is 0 Å². The molecule has 0 unspecified atom stereocenters. The molecule has 0 spiro atoms. The van der Waals surface area contributed by atoms with Gasteiger partial charge in [0, 0.05) is 54.8 Å². The number of carboxylic acid groups (broad SMARTS) is 1. The van der Waals surface area contributed by atoms with Gasteiger partial charge < -0.3 is 5.11 Å². The molecule has 0 aliphatic carbocycles. The molecule has 0 aromatic heterocycles. The largest absolute Gasteiger partial charge is 0.476 e. The molecule has 0 aromatic rings. The van der Waals surface area contributed by atoms with Crippen LogP contribution in [0, 0.1) is 0 Å². The van der Waals surface area contributed by atoms with Crippen molar-refractivity contribution in [1.82, 2.24) is 0 Å². The third-order valence-electron chi connectivity index (χ3n) is 0.301. The molecule has 0 aromatic carbocycles. The van der Waals surface area contributed by atoms with E-state index in [9.17, 15) is 9.59 Å². The summed E-state index contributed by atoms with van der Waals surface area (Å²) < 4.78 is 0. The second-order valence-corrected chi connectivity index (χ2v) is 0.861. The zero-order valence-electron chi connectivity index (χ0n) is 4.26. The minimum Gasteiger partial charge on any atom is -0.476 e. The summed E-state index contributed by atoms with van der Waals surface area (Å²) in [5.41, 5.74) is 0. The molecule has 1 N–H and O–H groups in total. The number of aliphatic carboxylic acids is 1. The normalized spacial score (nSPS) is 5.62. The molecule has 0 heterocycles. The number of carbonyl (C=O) groups is 2. The van der Waals surface area contributed by atoms with E-state index in [1.807, 2.05) is 0 Å². The van der Waals surface area contributed by atoms with Crippen LogP contribution in [0.5, 0.6) is 0 Å². The fourth-order valence-corrected chi connectivity index (χ4v) is 0. The molecule has 0 amide bonds. The summed E-state index contributed by atoms with van der Waals surface area (Å²) in [7, 11) is 0. The monoisotopic (exact) mass is 226 g/mol. The van der Waals surface area contributed by atoms with E-state index >= 15 is 0 Å². The van der Waals surface area contributed by atoms with Gasteiger partial charge in [-0.25, -0.2) is 4.79 Å². The molecule has 8 heavy (non-hydrogen) atoms. The average molecular weight is 227 g/mol. The van der Waals surface area contributed by atoms with Crippen LogP contribution in [0.3, 0.4) is 0 Å². The fraction of sp³-hybridized carbons (Fsp3) is 0.333. The maximum absolute atomic E-state index is 9.54. The Morgan fingerprint density at radius 1 is 1.38 bits per heavy atom. The topological polar surface area (TPSA) is 54.4 Å². The van der Waals surface area contributed by atoms with Gasteiger partial charge in [-0.3, -0.25) is 4.79 Å². The van der Waals surface area contributed by atoms with Gasteiger partial charge in [0.15, 0.2) is 0 Å². The molecule has 0 saturated carbocycles. The number of Topliss-reactive ketones (excluding diaryl/α,β-unsaturated/α-hetero) is 1. The molecule has 0 rings (SSSR count). The maximum Gasteiger partial charge on any atom is 0.371 e. The minimum atomic E-state index is -1.38. The molecule has 0 saturated heterocycles. The van der Waals surface area contributed by atoms with Crippen molar-refractivity contribution in [2.24, 2.45) is 0 Å². The first-order valence-corrected chi connectivity index (χ1v) is 1.38. The Balaban J connectivity index is -0.000000125. The van der Waals surface area contributed by atoms with Crippen molar-refractivity contribution in [2.75, 3.05) is 0 Å². The number of carboxylic acids is 1. The molecular weight excluding hydrogens is 223 g/mol. The zero-order chi connectivity index (χ0) is 5.15. The van der Waals surface area contributed by atoms with E-state index in [4.69, 9.17) is 5.11 Å². The van der Waals surface area contributed by atoms with Gasteiger partial charge in [0.25, 0.3) is 0 Å². The number of hydrogen-bond acceptors (Lipinski definition) is 2. The summed E-state index contributed by atoms with van der Waals surface area (Å²) in [5, 5.41) is 7.64. The van der Waals surface area contributed by atoms with E-state index in [0.717, 1.165) is 6.92 Å². The summed E-state index contributed by atoms with van der Waals surface area (Å²) in [4.78, 5) is 18.9. The first kappa shape index (κ1) is 15.9. The second-order valence-electron chi connectivity index (χ2n) is 0.861. The van der Waals surface area contributed by atoms with Crippen LogP contribution in [0.15, 0.2) is 0 Å². The number of ketones is 1. The third-order valence-corrected chi connectivity index (χ3v) is 0.301. The standard InChI is InChI=1S/C3H4O3.Ti.Zr/c1-2(4)3(5)6;;/h1H3,(H,5,6);;. The van der Waals surface area contributed by atoms with Gasteiger partial charge in [-0.2, -0.15) is 0 Å². The Kier molecular flexibility index (Phi) is 15.4. The molecule has 0 radical (unpaired) electrons. The molecule has 0 aliphatic heterocycles. The summed E-state index contributed by atoms with van der Waals surface area (Å²) in [5.74, 6) is -2.20. The van der Waals surface area contributed by atoms with Gasteiger partial charge in [0.05, 0.1) is 0 Å². The van der Waals surface area contributed by atoms with Gasteiger partial charge in [0.2, 0.25) is 5.78 Å². The fourth-order valence-electron chi connectivity index (χ4n) is 0. The van der Waals surface area contributed by atoms with Crippen molar-refractivity contribution >= 4 is 11.8 Å². The summed E-state index contributed by atoms with van der Waals surface area (Å²) in [6.45, 7) is 1.00. The van der Waals surface area contributed by atoms with Crippen LogP contribution in [-0.4, -0.2) is 16.9 Å². The molecule has 5 heteroatoms. The Morgan fingerprint density at radius 2 is 1.50 bits per heavy atom. The van der Waals surface area contributed by atoms with E-state index in [0.29, 0.717) is 0 Å². The third kappa shape index (κ3) is 9.88. The smallest absolute Gasteiger partial charge is 0.371 e. The summed E-state index contributed by atoms with van der Waals surface area (Å²) in [6.07, 6.45) is 0. The van der Waals surface area contributed by atoms with Crippen LogP contribution in [0.25, 0.3) is 0 Å². The van der Waals surface area contributed by atoms with Crippen molar-refractivity contribution in [3.8, 4) is 0 Å². The average Bonchev–Trinajstić information content (AvgIpc) is 1.36. The van der Waals surface area contributed by atoms with Crippen molar-refractivity contribution in [2.45, 2.75) is 6.92 Å². The zero-order valence-corrected chi connectivity index (χ0v) is 8.28. The van der Waals surface area contributed by atoms with Gasteiger partial charge in [-0.05, 0) is 0 Å². The van der Waals surface area contributed by atoms with Crippen LogP contribution in [0.1, 0.15) is 6.92 Å². The van der Waals surface area contributed by atoms with Gasteiger partial charge in [-0.1, -0.05) is 0 Å². The molecule has 0 aliphatic rings. The summed E-state index contributed by atoms with van der Waals surface area (Å²) >= 11 is 0. The second kappa shape index (κ2) is 7.74. The predicted octanol–water partition coefficient (Wildman–Crippen LogP) is -0.345. The molecule has 42 valence electrons. The Hall–Kier alpha value is 0.737. The van der Waals surface area contributed by atoms with E-state index in [-0.39, 0.29) is 47.9 Å². The van der Waals surface area contributed by atoms with Crippen LogP contribution in [-0.2, 0) is 57.5 Å². The first-order valence-electron chi connectivity index (χ1n) is 1.38. The molecule has 0 atom stereocenters. The van der Waals surface area contributed by atoms with Crippen LogP contribution < -0.4 is 0 Å². The number of rotatable bonds is 1. The minimum absolute atomic E-state index is 0. The SMILES string of the molecule is CC(=O)C(=O)O.[Ti].[Zr]. The maximum atomic E-state index is 9.54. The van der Waals surface area contributed by atoms with E-state index in [1.165, 1.54) is 0 Å². The van der Waals surface area contributed by atoms with Crippen LogP contribution in [0.4, 0.5) is 0 Å². The molecule has 3 nitrogen and oxygen atoms in total. The molecule has 0 fully saturated rings. The Labute approximate surface area is 80.8 Å². The van der Waals surface area contributed by atoms with Crippen molar-refractivity contribution in [3.63, 3.8) is 0 Å². The van der Waals surface area contributed by atoms with Crippen LogP contribution >= 0.6 is 0 Å². The van der Waals surface area contributed by atoms with Crippen LogP contribution in [0.2, 0.25) is 0 Å². The summed E-state index contributed by atoms with van der Waals surface area (Å²) in [6, 6.07) is 0. The quantitative estimate of drug-likeness (QED) is 0.492. The van der Waals surface area contributed by atoms with Gasteiger partial charge in [0.1, 0.15) is 0 Å². The van der Waals surface area contributed by atoms with Gasteiger partial charge in [-0.15, -0.1) is 0 Å². The Morgan fingerprint density at radius 3 is 1.50 bits per heavy atom. The van der Waals surface area contributed by atoms with Crippen molar-refractivity contribution < 1.29 is 62.6 Å². The van der Waals surface area contributed by atoms with E-state index in [2.05, 4.69) is 0 Å². The molecular formula is C3H4O3TiZr. The first-order chi connectivity index (χ1) is 2.64. The van der Waals surface area contributed by atoms with Gasteiger partial charge >= 0.3 is 5.97 Å².